The molecule has 0 aliphatic carbocycles. The second kappa shape index (κ2) is 8.18. The third-order valence-corrected chi connectivity index (χ3v) is 5.26. The van der Waals surface area contributed by atoms with Crippen LogP contribution in [0.15, 0.2) is 67.0 Å². The summed E-state index contributed by atoms with van der Waals surface area (Å²) in [5.41, 5.74) is 4.43. The molecule has 4 aromatic rings. The summed E-state index contributed by atoms with van der Waals surface area (Å²) in [6.07, 6.45) is 3.93. The van der Waals surface area contributed by atoms with E-state index in [1.54, 1.807) is 0 Å². The Labute approximate surface area is 174 Å². The average Bonchev–Trinajstić information content (AvgIpc) is 3.24. The number of rotatable bonds is 6. The summed E-state index contributed by atoms with van der Waals surface area (Å²) < 4.78 is 13.5. The molecular formula is C24H23N3O3. The molecule has 0 radical (unpaired) electrons. The van der Waals surface area contributed by atoms with Gasteiger partial charge in [-0.3, -0.25) is 0 Å². The fourth-order valence-electron chi connectivity index (χ4n) is 3.81. The van der Waals surface area contributed by atoms with E-state index in [0.29, 0.717) is 26.3 Å². The average molecular weight is 401 g/mol. The zero-order valence-electron chi connectivity index (χ0n) is 16.5. The van der Waals surface area contributed by atoms with E-state index < -0.39 is 0 Å². The van der Waals surface area contributed by atoms with Crippen LogP contribution < -0.4 is 14.8 Å². The van der Waals surface area contributed by atoms with Crippen LogP contribution in [0.25, 0.3) is 27.8 Å². The number of nitrogens with zero attached hydrogens (tertiary/aromatic N) is 2. The Morgan fingerprint density at radius 1 is 1.00 bits per heavy atom. The van der Waals surface area contributed by atoms with Gasteiger partial charge in [-0.1, -0.05) is 24.3 Å². The molecule has 0 spiro atoms. The normalized spacial score (nSPS) is 13.0. The zero-order valence-corrected chi connectivity index (χ0v) is 16.5. The number of aliphatic hydroxyl groups is 1. The van der Waals surface area contributed by atoms with Crippen LogP contribution >= 0.6 is 0 Å². The van der Waals surface area contributed by atoms with E-state index in [4.69, 9.17) is 14.6 Å². The van der Waals surface area contributed by atoms with Gasteiger partial charge in [0.05, 0.1) is 12.1 Å². The molecule has 2 aromatic heterocycles. The van der Waals surface area contributed by atoms with Gasteiger partial charge >= 0.3 is 0 Å². The van der Waals surface area contributed by atoms with Crippen molar-refractivity contribution >= 4 is 10.9 Å². The van der Waals surface area contributed by atoms with E-state index >= 15 is 0 Å². The summed E-state index contributed by atoms with van der Waals surface area (Å²) in [6.45, 7) is 2.57. The number of benzene rings is 2. The van der Waals surface area contributed by atoms with Crippen molar-refractivity contribution < 1.29 is 14.6 Å². The third-order valence-electron chi connectivity index (χ3n) is 5.26. The van der Waals surface area contributed by atoms with Crippen molar-refractivity contribution in [3.63, 3.8) is 0 Å². The number of hydrogen-bond acceptors (Lipinski definition) is 5. The fourth-order valence-corrected chi connectivity index (χ4v) is 3.81. The highest BCUT2D eigenvalue weighted by molar-refractivity contribution is 5.96. The van der Waals surface area contributed by atoms with Crippen LogP contribution in [0.5, 0.6) is 11.5 Å². The van der Waals surface area contributed by atoms with Crippen LogP contribution in [0.1, 0.15) is 5.56 Å². The van der Waals surface area contributed by atoms with Crippen molar-refractivity contribution in [2.75, 3.05) is 26.4 Å². The van der Waals surface area contributed by atoms with Gasteiger partial charge in [-0.2, -0.15) is 0 Å². The molecule has 0 saturated carbocycles. The maximum absolute atomic E-state index is 8.88. The van der Waals surface area contributed by atoms with Crippen LogP contribution in [0, 0.1) is 0 Å². The van der Waals surface area contributed by atoms with Crippen LogP contribution in [0.2, 0.25) is 0 Å². The van der Waals surface area contributed by atoms with Gasteiger partial charge in [0.2, 0.25) is 0 Å². The molecule has 6 heteroatoms. The van der Waals surface area contributed by atoms with E-state index in [1.165, 1.54) is 0 Å². The Morgan fingerprint density at radius 3 is 2.73 bits per heavy atom. The Hall–Kier alpha value is -3.35. The largest absolute Gasteiger partial charge is 0.486 e. The minimum Gasteiger partial charge on any atom is -0.486 e. The highest BCUT2D eigenvalue weighted by Gasteiger charge is 2.15. The second-order valence-electron chi connectivity index (χ2n) is 7.21. The summed E-state index contributed by atoms with van der Waals surface area (Å²) in [4.78, 5) is 4.63. The Balaban J connectivity index is 1.48. The Morgan fingerprint density at radius 2 is 1.90 bits per heavy atom. The molecule has 2 aromatic carbocycles. The number of pyridine rings is 1. The van der Waals surface area contributed by atoms with Gasteiger partial charge in [-0.05, 0) is 47.0 Å². The zero-order chi connectivity index (χ0) is 20.3. The molecule has 0 bridgehead atoms. The molecule has 5 rings (SSSR count). The summed E-state index contributed by atoms with van der Waals surface area (Å²) in [5.74, 6) is 2.46. The lowest BCUT2D eigenvalue weighted by Gasteiger charge is -2.19. The minimum atomic E-state index is 0.132. The highest BCUT2D eigenvalue weighted by Crippen LogP contribution is 2.37. The summed E-state index contributed by atoms with van der Waals surface area (Å²) in [7, 11) is 0. The molecule has 0 atom stereocenters. The molecule has 1 aliphatic heterocycles. The number of aliphatic hydroxyl groups excluding tert-OH is 1. The predicted molar refractivity (Wildman–Crippen MR) is 116 cm³/mol. The molecule has 0 unspecified atom stereocenters. The summed E-state index contributed by atoms with van der Waals surface area (Å²) in [6, 6.07) is 18.6. The lowest BCUT2D eigenvalue weighted by Crippen LogP contribution is -2.17. The molecule has 6 nitrogen and oxygen atoms in total. The molecule has 0 amide bonds. The number of hydrogen-bond donors (Lipinski definition) is 2. The maximum atomic E-state index is 8.88. The molecule has 152 valence electrons. The predicted octanol–water partition coefficient (Wildman–Crippen LogP) is 3.55. The molecule has 2 N–H and O–H groups in total. The summed E-state index contributed by atoms with van der Waals surface area (Å²) in [5, 5.41) is 13.2. The first-order valence-electron chi connectivity index (χ1n) is 10.1. The van der Waals surface area contributed by atoms with Crippen LogP contribution in [0.3, 0.4) is 0 Å². The lowest BCUT2D eigenvalue weighted by atomic mass is 10.0. The first-order chi connectivity index (χ1) is 14.8. The highest BCUT2D eigenvalue weighted by atomic mass is 16.6. The monoisotopic (exact) mass is 401 g/mol. The second-order valence-corrected chi connectivity index (χ2v) is 7.21. The first kappa shape index (κ1) is 18.7. The molecule has 0 fully saturated rings. The Kier molecular flexibility index (Phi) is 5.09. The van der Waals surface area contributed by atoms with E-state index in [0.717, 1.165) is 44.9 Å². The van der Waals surface area contributed by atoms with E-state index in [9.17, 15) is 0 Å². The number of aromatic nitrogens is 2. The van der Waals surface area contributed by atoms with Crippen molar-refractivity contribution in [1.82, 2.24) is 14.9 Å². The third kappa shape index (κ3) is 3.51. The van der Waals surface area contributed by atoms with Crippen LogP contribution in [-0.2, 0) is 6.54 Å². The number of nitrogens with one attached hydrogen (secondary N) is 1. The molecule has 3 heterocycles. The van der Waals surface area contributed by atoms with Gasteiger partial charge in [-0.25, -0.2) is 4.98 Å². The minimum absolute atomic E-state index is 0.132. The van der Waals surface area contributed by atoms with Crippen molar-refractivity contribution in [2.24, 2.45) is 0 Å². The molecular weight excluding hydrogens is 378 g/mol. The van der Waals surface area contributed by atoms with Gasteiger partial charge in [0.1, 0.15) is 19.0 Å². The van der Waals surface area contributed by atoms with Gasteiger partial charge in [0.25, 0.3) is 0 Å². The van der Waals surface area contributed by atoms with E-state index in [1.807, 2.05) is 24.4 Å². The number of fused-ring (bicyclic) bond motifs is 2. The van der Waals surface area contributed by atoms with Gasteiger partial charge < -0.3 is 24.5 Å². The van der Waals surface area contributed by atoms with Gasteiger partial charge in [0, 0.05) is 30.9 Å². The topological polar surface area (TPSA) is 68.5 Å². The van der Waals surface area contributed by atoms with Crippen molar-refractivity contribution in [1.29, 1.82) is 0 Å². The van der Waals surface area contributed by atoms with Gasteiger partial charge in [-0.15, -0.1) is 0 Å². The first-order valence-corrected chi connectivity index (χ1v) is 10.1. The van der Waals surface area contributed by atoms with Gasteiger partial charge in [0.15, 0.2) is 11.5 Å². The molecule has 1 aliphatic rings. The van der Waals surface area contributed by atoms with E-state index in [2.05, 4.69) is 57.5 Å². The van der Waals surface area contributed by atoms with Crippen LogP contribution in [0.4, 0.5) is 0 Å². The number of ether oxygens (including phenoxy) is 2. The van der Waals surface area contributed by atoms with E-state index in [-0.39, 0.29) is 6.61 Å². The molecule has 30 heavy (non-hydrogen) atoms. The maximum Gasteiger partial charge on any atom is 0.161 e. The quantitative estimate of drug-likeness (QED) is 0.484. The lowest BCUT2D eigenvalue weighted by molar-refractivity contribution is 0.171. The fraction of sp³-hybridized carbons (Fsp3) is 0.208. The van der Waals surface area contributed by atoms with Crippen molar-refractivity contribution in [3.05, 3.63) is 72.6 Å². The standard InChI is InChI=1S/C24H23N3O3/c28-11-9-25-15-17-4-7-24(26-16-17)27-10-8-20-19(2-1-3-21(20)27)18-5-6-22-23(14-18)30-13-12-29-22/h1-8,10,14,16,25,28H,9,11-13,15H2. The van der Waals surface area contributed by atoms with Crippen LogP contribution in [-0.4, -0.2) is 41.0 Å². The SMILES string of the molecule is OCCNCc1ccc(-n2ccc3c(-c4ccc5c(c4)OCCO5)cccc32)nc1. The smallest absolute Gasteiger partial charge is 0.161 e. The van der Waals surface area contributed by atoms with Crippen molar-refractivity contribution in [3.8, 4) is 28.4 Å². The summed E-state index contributed by atoms with van der Waals surface area (Å²) >= 11 is 0. The Bertz CT molecular complexity index is 1170. The molecule has 0 saturated heterocycles. The van der Waals surface area contributed by atoms with Crippen molar-refractivity contribution in [2.45, 2.75) is 6.54 Å².